The lowest BCUT2D eigenvalue weighted by Crippen LogP contribution is -2.16. The second kappa shape index (κ2) is 7.53. The summed E-state index contributed by atoms with van der Waals surface area (Å²) in [7, 11) is 1.38. The lowest BCUT2D eigenvalue weighted by molar-refractivity contribution is 0.0473. The topological polar surface area (TPSA) is 65.5 Å². The molecule has 0 spiro atoms. The van der Waals surface area contributed by atoms with Gasteiger partial charge in [0.05, 0.1) is 29.4 Å². The molecule has 6 heteroatoms. The molecule has 138 valence electrons. The van der Waals surface area contributed by atoms with Crippen LogP contribution in [0.15, 0.2) is 42.5 Å². The Balaban J connectivity index is 1.80. The van der Waals surface area contributed by atoms with E-state index in [1.807, 2.05) is 25.1 Å². The normalized spacial score (nSPS) is 10.7. The Morgan fingerprint density at radius 2 is 1.81 bits per heavy atom. The van der Waals surface area contributed by atoms with Gasteiger partial charge in [-0.15, -0.1) is 0 Å². The minimum absolute atomic E-state index is 0.0225. The standard InChI is InChI=1S/C21H18FNO4/c1-12-4-6-18-14(8-12)9-16(13(2)23-18)21(25)27-11-19(24)17-10-15(22)5-7-20(17)26-3/h4-10H,11H2,1-3H3. The summed E-state index contributed by atoms with van der Waals surface area (Å²) in [5.41, 5.74) is 2.63. The van der Waals surface area contributed by atoms with Gasteiger partial charge in [-0.2, -0.15) is 0 Å². The molecule has 27 heavy (non-hydrogen) atoms. The van der Waals surface area contributed by atoms with Gasteiger partial charge in [0.2, 0.25) is 5.78 Å². The Bertz CT molecular complexity index is 1050. The van der Waals surface area contributed by atoms with E-state index in [4.69, 9.17) is 9.47 Å². The highest BCUT2D eigenvalue weighted by atomic mass is 19.1. The number of aromatic nitrogens is 1. The first-order valence-electron chi connectivity index (χ1n) is 8.31. The van der Waals surface area contributed by atoms with Crippen molar-refractivity contribution >= 4 is 22.7 Å². The fraction of sp³-hybridized carbons (Fsp3) is 0.190. The van der Waals surface area contributed by atoms with Gasteiger partial charge in [-0.05, 0) is 50.2 Å². The number of nitrogens with zero attached hydrogens (tertiary/aromatic N) is 1. The van der Waals surface area contributed by atoms with E-state index in [9.17, 15) is 14.0 Å². The predicted octanol–water partition coefficient (Wildman–Crippen LogP) is 4.04. The molecule has 0 bridgehead atoms. The maximum atomic E-state index is 13.4. The van der Waals surface area contributed by atoms with Gasteiger partial charge in [-0.1, -0.05) is 11.6 Å². The van der Waals surface area contributed by atoms with Crippen molar-refractivity contribution in [1.82, 2.24) is 4.98 Å². The molecule has 1 aromatic heterocycles. The number of carbonyl (C=O) groups is 2. The van der Waals surface area contributed by atoms with Crippen molar-refractivity contribution in [2.45, 2.75) is 13.8 Å². The summed E-state index contributed by atoms with van der Waals surface area (Å²) in [5.74, 6) is -1.57. The monoisotopic (exact) mass is 367 g/mol. The third kappa shape index (κ3) is 3.95. The quantitative estimate of drug-likeness (QED) is 0.503. The molecule has 0 aliphatic rings. The molecule has 0 saturated carbocycles. The van der Waals surface area contributed by atoms with E-state index in [-0.39, 0.29) is 16.9 Å². The Hall–Kier alpha value is -3.28. The van der Waals surface area contributed by atoms with Crippen molar-refractivity contribution in [2.24, 2.45) is 0 Å². The van der Waals surface area contributed by atoms with Crippen LogP contribution in [-0.4, -0.2) is 30.5 Å². The van der Waals surface area contributed by atoms with Gasteiger partial charge in [0.1, 0.15) is 11.6 Å². The van der Waals surface area contributed by atoms with E-state index in [0.717, 1.165) is 22.5 Å². The first kappa shape index (κ1) is 18.5. The van der Waals surface area contributed by atoms with Gasteiger partial charge in [0, 0.05) is 5.39 Å². The Labute approximate surface area is 155 Å². The molecular weight excluding hydrogens is 349 g/mol. The summed E-state index contributed by atoms with van der Waals surface area (Å²) < 4.78 is 23.6. The minimum atomic E-state index is -0.660. The van der Waals surface area contributed by atoms with Crippen LogP contribution < -0.4 is 4.74 Å². The Morgan fingerprint density at radius 1 is 1.04 bits per heavy atom. The fourth-order valence-electron chi connectivity index (χ4n) is 2.78. The number of aryl methyl sites for hydroxylation is 2. The van der Waals surface area contributed by atoms with Gasteiger partial charge in [-0.25, -0.2) is 9.18 Å². The van der Waals surface area contributed by atoms with Crippen LogP contribution in [0.3, 0.4) is 0 Å². The van der Waals surface area contributed by atoms with E-state index in [0.29, 0.717) is 5.69 Å². The van der Waals surface area contributed by atoms with Crippen molar-refractivity contribution in [3.05, 3.63) is 70.7 Å². The number of fused-ring (bicyclic) bond motifs is 1. The average Bonchev–Trinajstić information content (AvgIpc) is 2.65. The number of benzene rings is 2. The van der Waals surface area contributed by atoms with E-state index in [1.165, 1.54) is 19.2 Å². The molecule has 1 heterocycles. The number of rotatable bonds is 5. The average molecular weight is 367 g/mol. The number of pyridine rings is 1. The summed E-state index contributed by atoms with van der Waals surface area (Å²) in [6, 6.07) is 11.0. The highest BCUT2D eigenvalue weighted by Crippen LogP contribution is 2.21. The van der Waals surface area contributed by atoms with Crippen molar-refractivity contribution < 1.29 is 23.5 Å². The fourth-order valence-corrected chi connectivity index (χ4v) is 2.78. The van der Waals surface area contributed by atoms with Gasteiger partial charge in [0.15, 0.2) is 6.61 Å². The predicted molar refractivity (Wildman–Crippen MR) is 98.8 cm³/mol. The van der Waals surface area contributed by atoms with Crippen LogP contribution in [0, 0.1) is 19.7 Å². The molecule has 3 rings (SSSR count). The van der Waals surface area contributed by atoms with Crippen LogP contribution in [0.4, 0.5) is 4.39 Å². The van der Waals surface area contributed by atoms with Crippen LogP contribution in [0.1, 0.15) is 32.0 Å². The number of esters is 1. The van der Waals surface area contributed by atoms with Crippen molar-refractivity contribution in [3.8, 4) is 5.75 Å². The van der Waals surface area contributed by atoms with Crippen molar-refractivity contribution in [1.29, 1.82) is 0 Å². The lowest BCUT2D eigenvalue weighted by Gasteiger charge is -2.10. The first-order chi connectivity index (χ1) is 12.9. The molecule has 0 amide bonds. The third-order valence-electron chi connectivity index (χ3n) is 4.18. The Morgan fingerprint density at radius 3 is 2.56 bits per heavy atom. The number of ether oxygens (including phenoxy) is 2. The number of halogens is 1. The number of ketones is 1. The van der Waals surface area contributed by atoms with Crippen LogP contribution in [0.25, 0.3) is 10.9 Å². The zero-order valence-electron chi connectivity index (χ0n) is 15.2. The lowest BCUT2D eigenvalue weighted by atomic mass is 10.1. The van der Waals surface area contributed by atoms with Crippen LogP contribution >= 0.6 is 0 Å². The van der Waals surface area contributed by atoms with Gasteiger partial charge >= 0.3 is 5.97 Å². The molecule has 0 radical (unpaired) electrons. The highest BCUT2D eigenvalue weighted by Gasteiger charge is 2.18. The maximum Gasteiger partial charge on any atom is 0.340 e. The molecular formula is C21H18FNO4. The molecule has 0 saturated heterocycles. The summed E-state index contributed by atoms with van der Waals surface area (Å²) in [4.78, 5) is 29.2. The zero-order chi connectivity index (χ0) is 19.6. The molecule has 0 unspecified atom stereocenters. The number of hydrogen-bond donors (Lipinski definition) is 0. The van der Waals surface area contributed by atoms with E-state index in [1.54, 1.807) is 13.0 Å². The second-order valence-corrected chi connectivity index (χ2v) is 6.16. The van der Waals surface area contributed by atoms with Gasteiger partial charge < -0.3 is 9.47 Å². The molecule has 0 N–H and O–H groups in total. The summed E-state index contributed by atoms with van der Waals surface area (Å²) in [5, 5.41) is 0.811. The first-order valence-corrected chi connectivity index (χ1v) is 8.31. The van der Waals surface area contributed by atoms with Crippen molar-refractivity contribution in [2.75, 3.05) is 13.7 Å². The second-order valence-electron chi connectivity index (χ2n) is 6.16. The van der Waals surface area contributed by atoms with Gasteiger partial charge in [0.25, 0.3) is 0 Å². The largest absolute Gasteiger partial charge is 0.496 e. The van der Waals surface area contributed by atoms with Crippen LogP contribution in [0.2, 0.25) is 0 Å². The summed E-state index contributed by atoms with van der Waals surface area (Å²) in [6.07, 6.45) is 0. The maximum absolute atomic E-state index is 13.4. The van der Waals surface area contributed by atoms with E-state index >= 15 is 0 Å². The SMILES string of the molecule is COc1ccc(F)cc1C(=O)COC(=O)c1cc2cc(C)ccc2nc1C. The number of Topliss-reactive ketones (excluding diaryl/α,β-unsaturated/α-hetero) is 1. The zero-order valence-corrected chi connectivity index (χ0v) is 15.2. The number of methoxy groups -OCH3 is 1. The van der Waals surface area contributed by atoms with E-state index < -0.39 is 24.2 Å². The molecule has 0 aliphatic heterocycles. The smallest absolute Gasteiger partial charge is 0.340 e. The van der Waals surface area contributed by atoms with Crippen LogP contribution in [0.5, 0.6) is 5.75 Å². The van der Waals surface area contributed by atoms with Gasteiger partial charge in [-0.3, -0.25) is 9.78 Å². The Kier molecular flexibility index (Phi) is 5.16. The molecule has 0 aliphatic carbocycles. The number of carbonyl (C=O) groups excluding carboxylic acids is 2. The van der Waals surface area contributed by atoms with E-state index in [2.05, 4.69) is 4.98 Å². The molecule has 3 aromatic rings. The summed E-state index contributed by atoms with van der Waals surface area (Å²) >= 11 is 0. The summed E-state index contributed by atoms with van der Waals surface area (Å²) in [6.45, 7) is 3.12. The highest BCUT2D eigenvalue weighted by molar-refractivity contribution is 6.02. The molecule has 0 fully saturated rings. The molecule has 5 nitrogen and oxygen atoms in total. The molecule has 0 atom stereocenters. The van der Waals surface area contributed by atoms with Crippen LogP contribution in [-0.2, 0) is 4.74 Å². The number of hydrogen-bond acceptors (Lipinski definition) is 5. The minimum Gasteiger partial charge on any atom is -0.496 e. The third-order valence-corrected chi connectivity index (χ3v) is 4.18. The molecule has 2 aromatic carbocycles. The van der Waals surface area contributed by atoms with Crippen molar-refractivity contribution in [3.63, 3.8) is 0 Å².